The molecule has 3 rings (SSSR count). The van der Waals surface area contributed by atoms with Crippen LogP contribution in [0.4, 0.5) is 4.39 Å². The van der Waals surface area contributed by atoms with Crippen molar-refractivity contribution in [2.45, 2.75) is 51.7 Å². The van der Waals surface area contributed by atoms with Crippen LogP contribution in [0.25, 0.3) is 0 Å². The number of amides is 1. The molecule has 1 saturated carbocycles. The van der Waals surface area contributed by atoms with Gasteiger partial charge in [-0.1, -0.05) is 17.7 Å². The number of nitrogens with one attached hydrogen (secondary N) is 1. The number of hydrogen-bond acceptors (Lipinski definition) is 4. The molecule has 1 aliphatic carbocycles. The van der Waals surface area contributed by atoms with Gasteiger partial charge in [-0.3, -0.25) is 4.79 Å². The van der Waals surface area contributed by atoms with Crippen molar-refractivity contribution in [1.29, 1.82) is 0 Å². The number of benzene rings is 1. The molecule has 1 aliphatic rings. The quantitative estimate of drug-likeness (QED) is 0.874. The van der Waals surface area contributed by atoms with Crippen LogP contribution in [0.1, 0.15) is 47.4 Å². The maximum absolute atomic E-state index is 13.8. The van der Waals surface area contributed by atoms with Crippen molar-refractivity contribution in [2.24, 2.45) is 0 Å². The van der Waals surface area contributed by atoms with Crippen LogP contribution < -0.4 is 10.1 Å². The number of aromatic nitrogens is 2. The zero-order chi connectivity index (χ0) is 18.7. The molecule has 0 aliphatic heterocycles. The van der Waals surface area contributed by atoms with Crippen LogP contribution in [-0.2, 0) is 0 Å². The number of halogens is 2. The number of rotatable bonds is 4. The van der Waals surface area contributed by atoms with Crippen LogP contribution in [0.5, 0.6) is 6.01 Å². The molecule has 1 N–H and O–H groups in total. The summed E-state index contributed by atoms with van der Waals surface area (Å²) in [5, 5.41) is 2.99. The summed E-state index contributed by atoms with van der Waals surface area (Å²) in [4.78, 5) is 20.9. The minimum Gasteiger partial charge on any atom is -0.460 e. The molecule has 0 unspecified atom stereocenters. The van der Waals surface area contributed by atoms with E-state index in [1.165, 1.54) is 18.2 Å². The van der Waals surface area contributed by atoms with Gasteiger partial charge in [0.2, 0.25) is 0 Å². The molecule has 0 bridgehead atoms. The van der Waals surface area contributed by atoms with Gasteiger partial charge in [-0.15, -0.1) is 0 Å². The number of hydrogen-bond donors (Lipinski definition) is 1. The highest BCUT2D eigenvalue weighted by atomic mass is 35.5. The Hall–Kier alpha value is -2.21. The van der Waals surface area contributed by atoms with E-state index in [2.05, 4.69) is 15.3 Å². The third-order valence-corrected chi connectivity index (χ3v) is 4.75. The molecule has 0 radical (unpaired) electrons. The van der Waals surface area contributed by atoms with E-state index in [1.54, 1.807) is 0 Å². The SMILES string of the molecule is Cc1cc(C)nc(OC2CCC(NC(=O)c3c(F)cccc3Cl)CC2)n1. The van der Waals surface area contributed by atoms with Gasteiger partial charge in [0, 0.05) is 17.4 Å². The predicted molar refractivity (Wildman–Crippen MR) is 97.1 cm³/mol. The largest absolute Gasteiger partial charge is 0.460 e. The standard InChI is InChI=1S/C19H21ClFN3O2/c1-11-10-12(2)23-19(22-11)26-14-8-6-13(7-9-14)24-18(25)17-15(20)4-3-5-16(17)21/h3-5,10,13-14H,6-9H2,1-2H3,(H,24,25). The van der Waals surface area contributed by atoms with E-state index >= 15 is 0 Å². The zero-order valence-corrected chi connectivity index (χ0v) is 15.5. The third-order valence-electron chi connectivity index (χ3n) is 4.43. The number of aryl methyl sites for hydroxylation is 2. The molecule has 1 heterocycles. The van der Waals surface area contributed by atoms with Crippen LogP contribution >= 0.6 is 11.6 Å². The summed E-state index contributed by atoms with van der Waals surface area (Å²) in [6.45, 7) is 3.81. The molecule has 0 atom stereocenters. The van der Waals surface area contributed by atoms with Gasteiger partial charge in [-0.05, 0) is 57.7 Å². The molecule has 138 valence electrons. The van der Waals surface area contributed by atoms with Gasteiger partial charge >= 0.3 is 6.01 Å². The Morgan fingerprint density at radius 3 is 2.46 bits per heavy atom. The van der Waals surface area contributed by atoms with Crippen molar-refractivity contribution in [2.75, 3.05) is 0 Å². The molecule has 1 amide bonds. The van der Waals surface area contributed by atoms with Crippen LogP contribution in [-0.4, -0.2) is 28.0 Å². The second-order valence-electron chi connectivity index (χ2n) is 6.59. The van der Waals surface area contributed by atoms with Gasteiger partial charge in [0.05, 0.1) is 10.6 Å². The third kappa shape index (κ3) is 4.49. The fourth-order valence-corrected chi connectivity index (χ4v) is 3.44. The van der Waals surface area contributed by atoms with E-state index in [1.807, 2.05) is 19.9 Å². The summed E-state index contributed by atoms with van der Waals surface area (Å²) < 4.78 is 19.7. The maximum Gasteiger partial charge on any atom is 0.317 e. The monoisotopic (exact) mass is 377 g/mol. The molecule has 1 aromatic carbocycles. The Bertz CT molecular complexity index is 767. The Balaban J connectivity index is 1.54. The number of carbonyl (C=O) groups excluding carboxylic acids is 1. The van der Waals surface area contributed by atoms with Gasteiger partial charge in [0.15, 0.2) is 0 Å². The van der Waals surface area contributed by atoms with E-state index in [9.17, 15) is 9.18 Å². The first-order chi connectivity index (χ1) is 12.4. The van der Waals surface area contributed by atoms with Crippen molar-refractivity contribution in [3.8, 4) is 6.01 Å². The fraction of sp³-hybridized carbons (Fsp3) is 0.421. The van der Waals surface area contributed by atoms with Crippen molar-refractivity contribution >= 4 is 17.5 Å². The molecule has 7 heteroatoms. The predicted octanol–water partition coefficient (Wildman–Crippen LogP) is 4.01. The number of nitrogens with zero attached hydrogens (tertiary/aromatic N) is 2. The van der Waals surface area contributed by atoms with Gasteiger partial charge in [0.25, 0.3) is 5.91 Å². The van der Waals surface area contributed by atoms with Gasteiger partial charge in [-0.25, -0.2) is 14.4 Å². The molecule has 0 saturated heterocycles. The van der Waals surface area contributed by atoms with E-state index < -0.39 is 11.7 Å². The molecule has 0 spiro atoms. The van der Waals surface area contributed by atoms with Crippen molar-refractivity contribution < 1.29 is 13.9 Å². The van der Waals surface area contributed by atoms with E-state index in [4.69, 9.17) is 16.3 Å². The van der Waals surface area contributed by atoms with Crippen LogP contribution in [0.2, 0.25) is 5.02 Å². The molecule has 1 aromatic heterocycles. The summed E-state index contributed by atoms with van der Waals surface area (Å²) in [6, 6.07) is 6.48. The summed E-state index contributed by atoms with van der Waals surface area (Å²) in [5.41, 5.74) is 1.64. The topological polar surface area (TPSA) is 64.1 Å². The first-order valence-electron chi connectivity index (χ1n) is 8.66. The lowest BCUT2D eigenvalue weighted by Crippen LogP contribution is -2.40. The van der Waals surface area contributed by atoms with Crippen LogP contribution in [0, 0.1) is 19.7 Å². The lowest BCUT2D eigenvalue weighted by atomic mass is 9.92. The summed E-state index contributed by atoms with van der Waals surface area (Å²) >= 11 is 5.95. The van der Waals surface area contributed by atoms with Gasteiger partial charge < -0.3 is 10.1 Å². The maximum atomic E-state index is 13.8. The molecule has 26 heavy (non-hydrogen) atoms. The Morgan fingerprint density at radius 1 is 1.19 bits per heavy atom. The van der Waals surface area contributed by atoms with Crippen molar-refractivity contribution in [1.82, 2.24) is 15.3 Å². The highest BCUT2D eigenvalue weighted by molar-refractivity contribution is 6.33. The molecule has 1 fully saturated rings. The van der Waals surface area contributed by atoms with E-state index in [-0.39, 0.29) is 22.7 Å². The van der Waals surface area contributed by atoms with Gasteiger partial charge in [0.1, 0.15) is 11.9 Å². The second-order valence-corrected chi connectivity index (χ2v) is 7.00. The molecular formula is C19H21ClFN3O2. The highest BCUT2D eigenvalue weighted by Gasteiger charge is 2.26. The molecular weight excluding hydrogens is 357 g/mol. The first kappa shape index (κ1) is 18.6. The number of carbonyl (C=O) groups is 1. The lowest BCUT2D eigenvalue weighted by Gasteiger charge is -2.29. The minimum atomic E-state index is -0.612. The summed E-state index contributed by atoms with van der Waals surface area (Å²) in [7, 11) is 0. The fourth-order valence-electron chi connectivity index (χ4n) is 3.19. The van der Waals surface area contributed by atoms with Gasteiger partial charge in [-0.2, -0.15) is 0 Å². The van der Waals surface area contributed by atoms with Crippen molar-refractivity contribution in [3.05, 3.63) is 52.1 Å². The molecule has 2 aromatic rings. The highest BCUT2D eigenvalue weighted by Crippen LogP contribution is 2.24. The normalized spacial score (nSPS) is 19.8. The van der Waals surface area contributed by atoms with Crippen molar-refractivity contribution in [3.63, 3.8) is 0 Å². The Morgan fingerprint density at radius 2 is 1.85 bits per heavy atom. The van der Waals surface area contributed by atoms with Crippen LogP contribution in [0.15, 0.2) is 24.3 Å². The zero-order valence-electron chi connectivity index (χ0n) is 14.8. The van der Waals surface area contributed by atoms with E-state index in [0.29, 0.717) is 6.01 Å². The Labute approximate surface area is 157 Å². The van der Waals surface area contributed by atoms with E-state index in [0.717, 1.165) is 37.1 Å². The lowest BCUT2D eigenvalue weighted by molar-refractivity contribution is 0.0881. The summed E-state index contributed by atoms with van der Waals surface area (Å²) in [6.07, 6.45) is 3.04. The average molecular weight is 378 g/mol. The average Bonchev–Trinajstić information content (AvgIpc) is 2.55. The summed E-state index contributed by atoms with van der Waals surface area (Å²) in [5.74, 6) is -1.09. The smallest absolute Gasteiger partial charge is 0.317 e. The second kappa shape index (κ2) is 7.99. The van der Waals surface area contributed by atoms with Crippen LogP contribution in [0.3, 0.4) is 0 Å². The number of ether oxygens (including phenoxy) is 1. The Kier molecular flexibility index (Phi) is 5.71. The minimum absolute atomic E-state index is 0.0152. The first-order valence-corrected chi connectivity index (χ1v) is 9.04. The molecule has 5 nitrogen and oxygen atoms in total.